The van der Waals surface area contributed by atoms with Gasteiger partial charge in [0.15, 0.2) is 11.5 Å². The molecule has 0 atom stereocenters. The van der Waals surface area contributed by atoms with Gasteiger partial charge in [-0.15, -0.1) is 0 Å². The largest absolute Gasteiger partial charge is 0.419 e. The highest BCUT2D eigenvalue weighted by atomic mass is 16.6. The topological polar surface area (TPSA) is 52.6 Å². The second-order valence-corrected chi connectivity index (χ2v) is 7.33. The van der Waals surface area contributed by atoms with Gasteiger partial charge in [0.05, 0.1) is 0 Å². The Bertz CT molecular complexity index is 746. The van der Waals surface area contributed by atoms with E-state index in [2.05, 4.69) is 33.6 Å². The fourth-order valence-electron chi connectivity index (χ4n) is 3.43. The zero-order valence-electron chi connectivity index (χ0n) is 18.6. The van der Waals surface area contributed by atoms with E-state index in [-0.39, 0.29) is 5.75 Å². The summed E-state index contributed by atoms with van der Waals surface area (Å²) in [5.41, 5.74) is 2.94. The number of carbonyl (C=O) groups excluding carboxylic acids is 2. The van der Waals surface area contributed by atoms with Crippen LogP contribution in [0.3, 0.4) is 0 Å². The first-order valence-corrected chi connectivity index (χ1v) is 11.0. The van der Waals surface area contributed by atoms with Gasteiger partial charge in [0.1, 0.15) is 0 Å². The van der Waals surface area contributed by atoms with E-state index in [1.807, 2.05) is 0 Å². The molecule has 0 fully saturated rings. The smallest absolute Gasteiger partial charge is 0.335 e. The van der Waals surface area contributed by atoms with E-state index in [0.29, 0.717) is 5.75 Å². The maximum absolute atomic E-state index is 12.1. The molecular formula is C26H36O4. The van der Waals surface area contributed by atoms with E-state index < -0.39 is 11.9 Å². The molecule has 1 aromatic rings. The third-order valence-corrected chi connectivity index (χ3v) is 5.02. The van der Waals surface area contributed by atoms with Gasteiger partial charge < -0.3 is 9.47 Å². The van der Waals surface area contributed by atoms with Gasteiger partial charge in [0.2, 0.25) is 0 Å². The fraction of sp³-hybridized carbons (Fsp3) is 0.462. The summed E-state index contributed by atoms with van der Waals surface area (Å²) in [7, 11) is 0. The first-order valence-electron chi connectivity index (χ1n) is 11.0. The summed E-state index contributed by atoms with van der Waals surface area (Å²) in [6.45, 7) is 15.2. The summed E-state index contributed by atoms with van der Waals surface area (Å²) in [4.78, 5) is 24.0. The second kappa shape index (κ2) is 14.4. The molecule has 4 heteroatoms. The van der Waals surface area contributed by atoms with Crippen molar-refractivity contribution < 1.29 is 19.1 Å². The molecule has 4 nitrogen and oxygen atoms in total. The average molecular weight is 413 g/mol. The minimum atomic E-state index is -0.603. The molecule has 0 saturated heterocycles. The average Bonchev–Trinajstić information content (AvgIpc) is 2.76. The van der Waals surface area contributed by atoms with Crippen LogP contribution in [0, 0.1) is 0 Å². The minimum Gasteiger partial charge on any atom is -0.419 e. The van der Waals surface area contributed by atoms with Crippen molar-refractivity contribution in [3.63, 3.8) is 0 Å². The lowest BCUT2D eigenvalue weighted by Gasteiger charge is -2.20. The van der Waals surface area contributed by atoms with Crippen molar-refractivity contribution in [3.8, 4) is 11.5 Å². The van der Waals surface area contributed by atoms with Crippen LogP contribution in [0.15, 0.2) is 38.0 Å². The molecule has 0 amide bonds. The lowest BCUT2D eigenvalue weighted by Crippen LogP contribution is -2.13. The summed E-state index contributed by atoms with van der Waals surface area (Å²) in [5, 5.41) is 0. The Labute approximate surface area is 181 Å². The number of carbonyl (C=O) groups is 2. The van der Waals surface area contributed by atoms with Crippen molar-refractivity contribution in [2.45, 2.75) is 78.1 Å². The van der Waals surface area contributed by atoms with Crippen LogP contribution in [0.2, 0.25) is 0 Å². The van der Waals surface area contributed by atoms with Crippen molar-refractivity contribution in [1.82, 2.24) is 0 Å². The normalized spacial score (nSPS) is 10.3. The summed E-state index contributed by atoms with van der Waals surface area (Å²) in [6.07, 6.45) is 14.4. The highest BCUT2D eigenvalue weighted by Crippen LogP contribution is 2.39. The standard InChI is InChI=1S/C26H36O4/c1-6-11-13-15-17-21-20(8-3)19-23(29-24(27)9-4)26(30-25(28)10-5)22(21)18-16-14-12-7-2/h8-10,19H,3-7,11-18H2,1-2H3. The van der Waals surface area contributed by atoms with Crippen LogP contribution >= 0.6 is 0 Å². The highest BCUT2D eigenvalue weighted by molar-refractivity contribution is 5.87. The van der Waals surface area contributed by atoms with Gasteiger partial charge in [-0.05, 0) is 42.9 Å². The number of rotatable bonds is 15. The zero-order chi connectivity index (χ0) is 22.4. The van der Waals surface area contributed by atoms with Crippen molar-refractivity contribution in [3.05, 3.63) is 54.6 Å². The van der Waals surface area contributed by atoms with Crippen LogP contribution in [0.25, 0.3) is 6.08 Å². The number of hydrogen-bond acceptors (Lipinski definition) is 4. The van der Waals surface area contributed by atoms with E-state index >= 15 is 0 Å². The number of unbranched alkanes of at least 4 members (excludes halogenated alkanes) is 6. The molecule has 0 aliphatic rings. The lowest BCUT2D eigenvalue weighted by molar-refractivity contribution is -0.131. The van der Waals surface area contributed by atoms with Crippen LogP contribution in [-0.4, -0.2) is 11.9 Å². The number of hydrogen-bond donors (Lipinski definition) is 0. The Balaban J connectivity index is 3.48. The summed E-state index contributed by atoms with van der Waals surface area (Å²) < 4.78 is 11.0. The molecule has 0 saturated carbocycles. The monoisotopic (exact) mass is 412 g/mol. The Morgan fingerprint density at radius 1 is 0.800 bits per heavy atom. The molecule has 0 aliphatic carbocycles. The summed E-state index contributed by atoms with van der Waals surface area (Å²) in [6, 6.07) is 1.73. The van der Waals surface area contributed by atoms with Gasteiger partial charge in [0, 0.05) is 17.7 Å². The third-order valence-electron chi connectivity index (χ3n) is 5.02. The Morgan fingerprint density at radius 3 is 1.83 bits per heavy atom. The first kappa shape index (κ1) is 25.4. The predicted octanol–water partition coefficient (Wildman–Crippen LogP) is 6.76. The van der Waals surface area contributed by atoms with E-state index in [1.165, 1.54) is 6.42 Å². The molecule has 164 valence electrons. The third kappa shape index (κ3) is 8.02. The van der Waals surface area contributed by atoms with Crippen LogP contribution in [0.5, 0.6) is 11.5 Å². The quantitative estimate of drug-likeness (QED) is 0.138. The summed E-state index contributed by atoms with van der Waals surface area (Å²) >= 11 is 0. The molecule has 0 unspecified atom stereocenters. The van der Waals surface area contributed by atoms with E-state index in [9.17, 15) is 9.59 Å². The maximum Gasteiger partial charge on any atom is 0.335 e. The van der Waals surface area contributed by atoms with Crippen LogP contribution < -0.4 is 9.47 Å². The van der Waals surface area contributed by atoms with Crippen LogP contribution in [0.4, 0.5) is 0 Å². The van der Waals surface area contributed by atoms with Crippen LogP contribution in [0.1, 0.15) is 81.9 Å². The van der Waals surface area contributed by atoms with Crippen molar-refractivity contribution >= 4 is 18.0 Å². The Morgan fingerprint density at radius 2 is 1.33 bits per heavy atom. The zero-order valence-corrected chi connectivity index (χ0v) is 18.6. The van der Waals surface area contributed by atoms with Gasteiger partial charge in [-0.3, -0.25) is 0 Å². The second-order valence-electron chi connectivity index (χ2n) is 7.33. The van der Waals surface area contributed by atoms with E-state index in [4.69, 9.17) is 9.47 Å². The molecule has 30 heavy (non-hydrogen) atoms. The number of esters is 2. The highest BCUT2D eigenvalue weighted by Gasteiger charge is 2.22. The van der Waals surface area contributed by atoms with Crippen molar-refractivity contribution in [2.75, 3.05) is 0 Å². The SMILES string of the molecule is C=CC(=O)Oc1cc(C=C)c(CCCCCC)c(CCCCCC)c1OC(=O)C=C. The van der Waals surface area contributed by atoms with Gasteiger partial charge in [-0.2, -0.15) is 0 Å². The number of ether oxygens (including phenoxy) is 2. The van der Waals surface area contributed by atoms with E-state index in [1.54, 1.807) is 12.1 Å². The molecular weight excluding hydrogens is 376 g/mol. The van der Waals surface area contributed by atoms with Gasteiger partial charge in [0.25, 0.3) is 0 Å². The van der Waals surface area contributed by atoms with Crippen molar-refractivity contribution in [1.29, 1.82) is 0 Å². The molecule has 0 bridgehead atoms. The minimum absolute atomic E-state index is 0.216. The lowest BCUT2D eigenvalue weighted by atomic mass is 9.91. The van der Waals surface area contributed by atoms with E-state index in [0.717, 1.165) is 86.6 Å². The molecule has 0 radical (unpaired) electrons. The molecule has 0 aromatic heterocycles. The molecule has 0 aliphatic heterocycles. The predicted molar refractivity (Wildman–Crippen MR) is 124 cm³/mol. The Hall–Kier alpha value is -2.62. The molecule has 0 spiro atoms. The van der Waals surface area contributed by atoms with Gasteiger partial charge >= 0.3 is 11.9 Å². The van der Waals surface area contributed by atoms with Crippen LogP contribution in [-0.2, 0) is 22.4 Å². The molecule has 0 heterocycles. The first-order chi connectivity index (χ1) is 14.5. The van der Waals surface area contributed by atoms with Crippen molar-refractivity contribution in [2.24, 2.45) is 0 Å². The fourth-order valence-corrected chi connectivity index (χ4v) is 3.43. The maximum atomic E-state index is 12.1. The molecule has 1 rings (SSSR count). The Kier molecular flexibility index (Phi) is 12.2. The molecule has 1 aromatic carbocycles. The summed E-state index contributed by atoms with van der Waals surface area (Å²) in [5.74, 6) is -0.659. The molecule has 0 N–H and O–H groups in total. The number of benzene rings is 1. The van der Waals surface area contributed by atoms with Gasteiger partial charge in [-0.1, -0.05) is 78.2 Å². The van der Waals surface area contributed by atoms with Gasteiger partial charge in [-0.25, -0.2) is 9.59 Å².